The lowest BCUT2D eigenvalue weighted by atomic mass is 10.0. The van der Waals surface area contributed by atoms with Gasteiger partial charge in [-0.1, -0.05) is 6.92 Å². The molecule has 1 heterocycles. The summed E-state index contributed by atoms with van der Waals surface area (Å²) in [5.41, 5.74) is 4.95. The van der Waals surface area contributed by atoms with Crippen molar-refractivity contribution in [2.45, 2.75) is 13.0 Å². The molecule has 2 unspecified atom stereocenters. The molecule has 2 atom stereocenters. The van der Waals surface area contributed by atoms with Gasteiger partial charge in [0.2, 0.25) is 5.91 Å². The van der Waals surface area contributed by atoms with E-state index in [1.807, 2.05) is 5.32 Å². The maximum atomic E-state index is 10.9. The summed E-state index contributed by atoms with van der Waals surface area (Å²) >= 11 is 0. The molecule has 0 aliphatic carbocycles. The van der Waals surface area contributed by atoms with Gasteiger partial charge < -0.3 is 11.1 Å². The first-order chi connectivity index (χ1) is 5.52. The highest BCUT2D eigenvalue weighted by Gasteiger charge is 2.36. The Kier molecular flexibility index (Phi) is 1.99. The molecule has 0 radical (unpaired) electrons. The van der Waals surface area contributed by atoms with Gasteiger partial charge in [-0.15, -0.1) is 0 Å². The SMILES string of the molecule is CC(C(N)=O)C1NC(=O)NC1=O. The summed E-state index contributed by atoms with van der Waals surface area (Å²) in [6, 6.07) is -1.41. The lowest BCUT2D eigenvalue weighted by Crippen LogP contribution is -2.42. The van der Waals surface area contributed by atoms with Gasteiger partial charge in [0.1, 0.15) is 6.04 Å². The van der Waals surface area contributed by atoms with Crippen LogP contribution < -0.4 is 16.4 Å². The van der Waals surface area contributed by atoms with Crippen molar-refractivity contribution >= 4 is 17.8 Å². The molecule has 1 aliphatic rings. The molecule has 0 aromatic rings. The number of rotatable bonds is 2. The lowest BCUT2D eigenvalue weighted by Gasteiger charge is -2.11. The normalized spacial score (nSPS) is 24.6. The van der Waals surface area contributed by atoms with Gasteiger partial charge in [-0.3, -0.25) is 14.9 Å². The van der Waals surface area contributed by atoms with E-state index < -0.39 is 29.8 Å². The second-order valence-corrected chi connectivity index (χ2v) is 2.63. The van der Waals surface area contributed by atoms with Crippen LogP contribution in [0.2, 0.25) is 0 Å². The molecule has 12 heavy (non-hydrogen) atoms. The molecule has 0 spiro atoms. The van der Waals surface area contributed by atoms with Gasteiger partial charge in [0.05, 0.1) is 5.92 Å². The third-order valence-corrected chi connectivity index (χ3v) is 1.75. The smallest absolute Gasteiger partial charge is 0.322 e. The van der Waals surface area contributed by atoms with Crippen LogP contribution in [0.25, 0.3) is 0 Å². The molecule has 6 heteroatoms. The molecule has 0 bridgehead atoms. The van der Waals surface area contributed by atoms with Gasteiger partial charge in [-0.05, 0) is 0 Å². The van der Waals surface area contributed by atoms with E-state index >= 15 is 0 Å². The molecule has 0 aromatic carbocycles. The van der Waals surface area contributed by atoms with E-state index in [9.17, 15) is 14.4 Å². The van der Waals surface area contributed by atoms with Crippen molar-refractivity contribution in [1.82, 2.24) is 10.6 Å². The maximum Gasteiger partial charge on any atom is 0.322 e. The van der Waals surface area contributed by atoms with E-state index in [-0.39, 0.29) is 0 Å². The zero-order valence-corrected chi connectivity index (χ0v) is 6.46. The fourth-order valence-corrected chi connectivity index (χ4v) is 0.949. The van der Waals surface area contributed by atoms with E-state index in [2.05, 4.69) is 5.32 Å². The van der Waals surface area contributed by atoms with E-state index in [1.165, 1.54) is 6.92 Å². The van der Waals surface area contributed by atoms with E-state index in [4.69, 9.17) is 5.73 Å². The van der Waals surface area contributed by atoms with E-state index in [0.29, 0.717) is 0 Å². The molecule has 4 N–H and O–H groups in total. The highest BCUT2D eigenvalue weighted by molar-refractivity contribution is 6.06. The quantitative estimate of drug-likeness (QED) is 0.432. The van der Waals surface area contributed by atoms with E-state index in [0.717, 1.165) is 0 Å². The number of hydrogen-bond acceptors (Lipinski definition) is 3. The van der Waals surface area contributed by atoms with Crippen LogP contribution in [0.1, 0.15) is 6.92 Å². The predicted octanol–water partition coefficient (Wildman–Crippen LogP) is -1.68. The van der Waals surface area contributed by atoms with Crippen LogP contribution >= 0.6 is 0 Å². The fourth-order valence-electron chi connectivity index (χ4n) is 0.949. The van der Waals surface area contributed by atoms with Gasteiger partial charge in [0.15, 0.2) is 0 Å². The minimum atomic E-state index is -0.824. The predicted molar refractivity (Wildman–Crippen MR) is 38.8 cm³/mol. The Morgan fingerprint density at radius 1 is 1.58 bits per heavy atom. The number of primary amides is 1. The summed E-state index contributed by atoms with van der Waals surface area (Å²) in [7, 11) is 0. The Morgan fingerprint density at radius 2 is 2.17 bits per heavy atom. The van der Waals surface area contributed by atoms with Crippen molar-refractivity contribution in [3.05, 3.63) is 0 Å². The first-order valence-corrected chi connectivity index (χ1v) is 3.43. The third kappa shape index (κ3) is 1.36. The largest absolute Gasteiger partial charge is 0.369 e. The molecule has 1 aliphatic heterocycles. The fraction of sp³-hybridized carbons (Fsp3) is 0.500. The van der Waals surface area contributed by atoms with Crippen LogP contribution in [-0.4, -0.2) is 23.9 Å². The van der Waals surface area contributed by atoms with Crippen molar-refractivity contribution in [2.75, 3.05) is 0 Å². The Bertz CT molecular complexity index is 250. The average Bonchev–Trinajstić information content (AvgIpc) is 2.28. The molecule has 66 valence electrons. The topological polar surface area (TPSA) is 101 Å². The number of nitrogens with one attached hydrogen (secondary N) is 2. The molecule has 1 saturated heterocycles. The maximum absolute atomic E-state index is 10.9. The van der Waals surface area contributed by atoms with Crippen LogP contribution in [0.3, 0.4) is 0 Å². The molecule has 1 rings (SSSR count). The number of nitrogens with two attached hydrogens (primary N) is 1. The molecule has 4 amide bonds. The third-order valence-electron chi connectivity index (χ3n) is 1.75. The van der Waals surface area contributed by atoms with Crippen molar-refractivity contribution in [3.63, 3.8) is 0 Å². The summed E-state index contributed by atoms with van der Waals surface area (Å²) in [5, 5.41) is 4.29. The number of hydrogen-bond donors (Lipinski definition) is 3. The molecule has 6 nitrogen and oxygen atoms in total. The zero-order valence-electron chi connectivity index (χ0n) is 6.46. The van der Waals surface area contributed by atoms with Crippen molar-refractivity contribution in [3.8, 4) is 0 Å². The summed E-state index contributed by atoms with van der Waals surface area (Å²) < 4.78 is 0. The monoisotopic (exact) mass is 171 g/mol. The molecular formula is C6H9N3O3. The first-order valence-electron chi connectivity index (χ1n) is 3.43. The summed E-state index contributed by atoms with van der Waals surface area (Å²) in [5.74, 6) is -1.81. The standard InChI is InChI=1S/C6H9N3O3/c1-2(4(7)10)3-5(11)9-6(12)8-3/h2-3H,1H3,(H2,7,10)(H2,8,9,11,12). The average molecular weight is 171 g/mol. The van der Waals surface area contributed by atoms with Crippen LogP contribution in [0.4, 0.5) is 4.79 Å². The first kappa shape index (κ1) is 8.51. The van der Waals surface area contributed by atoms with Crippen LogP contribution in [0.15, 0.2) is 0 Å². The van der Waals surface area contributed by atoms with Crippen molar-refractivity contribution in [1.29, 1.82) is 0 Å². The number of amides is 4. The van der Waals surface area contributed by atoms with Crippen molar-refractivity contribution < 1.29 is 14.4 Å². The highest BCUT2D eigenvalue weighted by Crippen LogP contribution is 2.05. The second kappa shape index (κ2) is 2.80. The highest BCUT2D eigenvalue weighted by atomic mass is 16.2. The molecule has 0 aromatic heterocycles. The van der Waals surface area contributed by atoms with Gasteiger partial charge >= 0.3 is 6.03 Å². The zero-order chi connectivity index (χ0) is 9.30. The second-order valence-electron chi connectivity index (χ2n) is 2.63. The molecular weight excluding hydrogens is 162 g/mol. The lowest BCUT2D eigenvalue weighted by molar-refractivity contribution is -0.128. The summed E-state index contributed by atoms with van der Waals surface area (Å²) in [4.78, 5) is 32.2. The number of urea groups is 1. The minimum absolute atomic E-state index is 0.508. The van der Waals surface area contributed by atoms with Crippen LogP contribution in [-0.2, 0) is 9.59 Å². The van der Waals surface area contributed by atoms with E-state index in [1.54, 1.807) is 0 Å². The van der Waals surface area contributed by atoms with Gasteiger partial charge in [0.25, 0.3) is 5.91 Å². The Hall–Kier alpha value is -1.59. The molecule has 0 saturated carbocycles. The van der Waals surface area contributed by atoms with Crippen LogP contribution in [0, 0.1) is 5.92 Å². The Balaban J connectivity index is 2.70. The van der Waals surface area contributed by atoms with Crippen LogP contribution in [0.5, 0.6) is 0 Å². The van der Waals surface area contributed by atoms with Gasteiger partial charge in [0, 0.05) is 0 Å². The number of carbonyl (C=O) groups excluding carboxylic acids is 3. The summed E-state index contributed by atoms with van der Waals surface area (Å²) in [6.07, 6.45) is 0. The summed E-state index contributed by atoms with van der Waals surface area (Å²) in [6.45, 7) is 1.48. The Labute approximate surface area is 68.5 Å². The van der Waals surface area contributed by atoms with Gasteiger partial charge in [-0.2, -0.15) is 0 Å². The van der Waals surface area contributed by atoms with Gasteiger partial charge in [-0.25, -0.2) is 4.79 Å². The van der Waals surface area contributed by atoms with Crippen molar-refractivity contribution in [2.24, 2.45) is 11.7 Å². The molecule has 1 fully saturated rings. The number of carbonyl (C=O) groups is 3. The minimum Gasteiger partial charge on any atom is -0.369 e. The Morgan fingerprint density at radius 3 is 2.50 bits per heavy atom. The number of imide groups is 1.